The van der Waals surface area contributed by atoms with E-state index in [9.17, 15) is 56.9 Å². The second-order valence-corrected chi connectivity index (χ2v) is 15.7. The largest absolute Gasteiger partial charge is 0.471 e. The highest BCUT2D eigenvalue weighted by atomic mass is 19.4. The summed E-state index contributed by atoms with van der Waals surface area (Å²) in [4.78, 5) is 90.0. The van der Waals surface area contributed by atoms with Crippen molar-refractivity contribution in [3.05, 3.63) is 82.4 Å². The van der Waals surface area contributed by atoms with Crippen molar-refractivity contribution < 1.29 is 94.8 Å². The number of aliphatic hydroxyl groups is 2. The molecule has 2 aromatic rings. The number of hydrogen-bond acceptors (Lipinski definition) is 17. The third-order valence-electron chi connectivity index (χ3n) is 11.1. The smallest absolute Gasteiger partial charge is 0.463 e. The van der Waals surface area contributed by atoms with Crippen molar-refractivity contribution in [2.75, 3.05) is 19.8 Å². The van der Waals surface area contributed by atoms with Crippen LogP contribution in [-0.4, -0.2) is 138 Å². The fourth-order valence-electron chi connectivity index (χ4n) is 8.16. The molecule has 2 aromatic carbocycles. The number of ketones is 3. The molecule has 0 aromatic heterocycles. The van der Waals surface area contributed by atoms with E-state index in [1.165, 1.54) is 37.3 Å². The van der Waals surface area contributed by atoms with E-state index in [0.29, 0.717) is 0 Å². The van der Waals surface area contributed by atoms with Gasteiger partial charge in [0.05, 0.1) is 24.9 Å². The zero-order valence-electron chi connectivity index (χ0n) is 34.9. The van der Waals surface area contributed by atoms with Crippen LogP contribution in [-0.2, 0) is 68.3 Å². The van der Waals surface area contributed by atoms with Gasteiger partial charge in [-0.3, -0.25) is 33.6 Å². The highest BCUT2D eigenvalue weighted by Gasteiger charge is 2.53. The summed E-state index contributed by atoms with van der Waals surface area (Å²) in [6.07, 6.45) is -18.5. The summed E-state index contributed by atoms with van der Waals surface area (Å²) in [7, 11) is 0. The molecule has 2 fully saturated rings. The van der Waals surface area contributed by atoms with Gasteiger partial charge in [0.15, 0.2) is 42.1 Å². The summed E-state index contributed by atoms with van der Waals surface area (Å²) in [5, 5.41) is 24.7. The van der Waals surface area contributed by atoms with Gasteiger partial charge in [0.1, 0.15) is 37.1 Å². The van der Waals surface area contributed by atoms with Gasteiger partial charge in [-0.1, -0.05) is 30.3 Å². The third kappa shape index (κ3) is 10.4. The fraction of sp³-hybridized carbons (Fsp3) is 0.512. The standard InChI is InChI=1S/C43H46F3NO17/c1-6-11-57-39-38(62-22(5)50)37(61-21(4)49)31(17-58-20(3)48)64-40(39)59-18-32(51)42(56)15-23-12-27-28(36(54)25-10-8-7-9-24(25)35(27)53)13-26(23)30(16-42)63-33-14-29(34(52)19(2)60-33)47-41(55)43(44,45)46/h6-10,12-13,19,29-31,33-34,37-40,52,56H,1,11,14-18H2,2-5H3,(H,47,55)/t19-,29-,30-,31+,33-,34-,37-,38-,39+,40-,42-/m0/s1. The monoisotopic (exact) mass is 905 g/mol. The summed E-state index contributed by atoms with van der Waals surface area (Å²) in [5.74, 6) is -6.76. The molecule has 21 heteroatoms. The Morgan fingerprint density at radius 2 is 1.53 bits per heavy atom. The van der Waals surface area contributed by atoms with E-state index < -0.39 is 147 Å². The summed E-state index contributed by atoms with van der Waals surface area (Å²) in [6.45, 7) is 6.49. The molecule has 2 saturated heterocycles. The first kappa shape index (κ1) is 48.0. The number of benzene rings is 2. The molecule has 0 radical (unpaired) electrons. The van der Waals surface area contributed by atoms with Crippen molar-refractivity contribution in [1.82, 2.24) is 5.32 Å². The van der Waals surface area contributed by atoms with Gasteiger partial charge in [0.25, 0.3) is 0 Å². The van der Waals surface area contributed by atoms with Crippen molar-refractivity contribution in [2.45, 2.75) is 120 Å². The number of halogens is 3. The zero-order chi connectivity index (χ0) is 46.8. The van der Waals surface area contributed by atoms with Crippen LogP contribution in [0.5, 0.6) is 0 Å². The van der Waals surface area contributed by atoms with Crippen LogP contribution in [0.15, 0.2) is 49.1 Å². The first-order valence-electron chi connectivity index (χ1n) is 20.1. The normalized spacial score (nSPS) is 29.9. The number of carbonyl (C=O) groups is 7. The molecule has 0 bridgehead atoms. The predicted molar refractivity (Wildman–Crippen MR) is 207 cm³/mol. The number of fused-ring (bicyclic) bond motifs is 3. The Kier molecular flexibility index (Phi) is 14.5. The zero-order valence-corrected chi connectivity index (χ0v) is 34.9. The maximum Gasteiger partial charge on any atom is 0.471 e. The molecule has 346 valence electrons. The van der Waals surface area contributed by atoms with Crippen molar-refractivity contribution in [3.8, 4) is 0 Å². The maximum absolute atomic E-state index is 14.3. The van der Waals surface area contributed by atoms with E-state index in [-0.39, 0.29) is 40.0 Å². The SMILES string of the molecule is C=CCO[C@H]1[C@@H](OCC(=O)[C@]2(O)Cc3cc4c(cc3[C@@H](O[C@H]3C[C@H](NC(=O)C(F)(F)F)[C@@H](O)[C@H](C)O3)C2)C(=O)c2ccccc2C4=O)O[C@H](COC(C)=O)[C@H](OC(C)=O)[C@@H]1OC(C)=O. The van der Waals surface area contributed by atoms with Gasteiger partial charge in [0, 0.05) is 62.3 Å². The molecule has 4 aliphatic rings. The van der Waals surface area contributed by atoms with Crippen LogP contribution in [0, 0.1) is 0 Å². The lowest BCUT2D eigenvalue weighted by molar-refractivity contribution is -0.311. The van der Waals surface area contributed by atoms with Gasteiger partial charge >= 0.3 is 30.0 Å². The first-order valence-corrected chi connectivity index (χ1v) is 20.1. The van der Waals surface area contributed by atoms with Gasteiger partial charge in [0.2, 0.25) is 0 Å². The van der Waals surface area contributed by atoms with Crippen LogP contribution >= 0.6 is 0 Å². The minimum absolute atomic E-state index is 0.0162. The highest BCUT2D eigenvalue weighted by Crippen LogP contribution is 2.43. The Labute approximate surface area is 363 Å². The maximum atomic E-state index is 14.3. The molecule has 18 nitrogen and oxygen atoms in total. The summed E-state index contributed by atoms with van der Waals surface area (Å²) >= 11 is 0. The van der Waals surface area contributed by atoms with Gasteiger partial charge in [-0.15, -0.1) is 6.58 Å². The van der Waals surface area contributed by atoms with Gasteiger partial charge < -0.3 is 53.4 Å². The summed E-state index contributed by atoms with van der Waals surface area (Å²) < 4.78 is 85.6. The Morgan fingerprint density at radius 3 is 2.12 bits per heavy atom. The quantitative estimate of drug-likeness (QED) is 0.119. The van der Waals surface area contributed by atoms with Crippen LogP contribution in [0.4, 0.5) is 13.2 Å². The number of rotatable bonds is 14. The number of ether oxygens (including phenoxy) is 8. The van der Waals surface area contributed by atoms with Gasteiger partial charge in [-0.25, -0.2) is 0 Å². The molecule has 11 atom stereocenters. The van der Waals surface area contributed by atoms with Gasteiger partial charge in [-0.05, 0) is 30.2 Å². The summed E-state index contributed by atoms with van der Waals surface area (Å²) in [5.41, 5.74) is -1.83. The average molecular weight is 906 g/mol. The molecule has 1 amide bonds. The van der Waals surface area contributed by atoms with E-state index in [1.54, 1.807) is 17.4 Å². The Bertz CT molecular complexity index is 2200. The minimum Gasteiger partial charge on any atom is -0.463 e. The van der Waals surface area contributed by atoms with Crippen molar-refractivity contribution in [3.63, 3.8) is 0 Å². The fourth-order valence-corrected chi connectivity index (χ4v) is 8.16. The number of esters is 3. The average Bonchev–Trinajstić information content (AvgIpc) is 3.22. The number of nitrogens with one attached hydrogen (secondary N) is 1. The first-order chi connectivity index (χ1) is 30.1. The summed E-state index contributed by atoms with van der Waals surface area (Å²) in [6, 6.07) is 7.32. The minimum atomic E-state index is -5.28. The molecule has 6 rings (SSSR count). The van der Waals surface area contributed by atoms with Crippen LogP contribution in [0.2, 0.25) is 0 Å². The molecule has 2 aliphatic heterocycles. The van der Waals surface area contributed by atoms with Gasteiger partial charge in [-0.2, -0.15) is 13.2 Å². The Balaban J connectivity index is 1.33. The molecule has 0 saturated carbocycles. The third-order valence-corrected chi connectivity index (χ3v) is 11.1. The number of alkyl halides is 3. The molecular weight excluding hydrogens is 859 g/mol. The second-order valence-electron chi connectivity index (χ2n) is 15.7. The van der Waals surface area contributed by atoms with E-state index in [2.05, 4.69) is 6.58 Å². The van der Waals surface area contributed by atoms with Crippen LogP contribution < -0.4 is 5.32 Å². The number of Topliss-reactive ketones (excluding diaryl/α,β-unsaturated/α-hetero) is 1. The van der Waals surface area contributed by atoms with Crippen LogP contribution in [0.25, 0.3) is 0 Å². The van der Waals surface area contributed by atoms with E-state index >= 15 is 0 Å². The molecule has 0 unspecified atom stereocenters. The lowest BCUT2D eigenvalue weighted by Gasteiger charge is -2.45. The second kappa shape index (κ2) is 19.4. The molecule has 0 spiro atoms. The predicted octanol–water partition coefficient (Wildman–Crippen LogP) is 2.05. The van der Waals surface area contributed by atoms with E-state index in [1.807, 2.05) is 0 Å². The Morgan fingerprint density at radius 1 is 0.906 bits per heavy atom. The Hall–Kier alpha value is -5.42. The number of carbonyl (C=O) groups excluding carboxylic acids is 7. The number of amides is 1. The topological polar surface area (TPSA) is 246 Å². The highest BCUT2D eigenvalue weighted by molar-refractivity contribution is 6.28. The molecule has 2 aliphatic carbocycles. The molecule has 64 heavy (non-hydrogen) atoms. The number of hydrogen-bond donors (Lipinski definition) is 3. The number of aliphatic hydroxyl groups excluding tert-OH is 1. The lowest BCUT2D eigenvalue weighted by atomic mass is 9.73. The lowest BCUT2D eigenvalue weighted by Crippen LogP contribution is -2.63. The van der Waals surface area contributed by atoms with E-state index in [4.69, 9.17) is 37.9 Å². The van der Waals surface area contributed by atoms with Crippen molar-refractivity contribution in [2.24, 2.45) is 0 Å². The molecule has 3 N–H and O–H groups in total. The van der Waals surface area contributed by atoms with Crippen molar-refractivity contribution in [1.29, 1.82) is 0 Å². The molecule has 2 heterocycles. The van der Waals surface area contributed by atoms with E-state index in [0.717, 1.165) is 20.8 Å². The van der Waals surface area contributed by atoms with Crippen LogP contribution in [0.1, 0.15) is 89.6 Å². The molecular formula is C43H46F3NO17. The van der Waals surface area contributed by atoms with Crippen molar-refractivity contribution >= 4 is 41.2 Å². The van der Waals surface area contributed by atoms with Crippen LogP contribution in [0.3, 0.4) is 0 Å².